The molecular weight excluding hydrogens is 236 g/mol. The Morgan fingerprint density at radius 3 is 2.63 bits per heavy atom. The van der Waals surface area contributed by atoms with Gasteiger partial charge in [0.05, 0.1) is 5.41 Å². The van der Waals surface area contributed by atoms with E-state index in [9.17, 15) is 4.79 Å². The second-order valence-electron chi connectivity index (χ2n) is 7.02. The minimum Gasteiger partial charge on any atom is -0.448 e. The van der Waals surface area contributed by atoms with Crippen molar-refractivity contribution in [1.29, 1.82) is 0 Å². The van der Waals surface area contributed by atoms with Gasteiger partial charge in [0, 0.05) is 6.42 Å². The minimum absolute atomic E-state index is 0.168. The van der Waals surface area contributed by atoms with Crippen molar-refractivity contribution in [2.75, 3.05) is 0 Å². The van der Waals surface area contributed by atoms with Gasteiger partial charge in [-0.2, -0.15) is 0 Å². The average Bonchev–Trinajstić information content (AvgIpc) is 2.29. The molecule has 106 valence electrons. The van der Waals surface area contributed by atoms with Crippen LogP contribution in [-0.2, 0) is 9.53 Å². The highest BCUT2D eigenvalue weighted by Crippen LogP contribution is 2.39. The molecule has 1 aliphatic rings. The topological polar surface area (TPSA) is 26.3 Å². The van der Waals surface area contributed by atoms with Crippen molar-refractivity contribution in [2.45, 2.75) is 66.4 Å². The third kappa shape index (κ3) is 4.42. The number of esters is 1. The van der Waals surface area contributed by atoms with E-state index in [-0.39, 0.29) is 11.4 Å². The Balaban J connectivity index is 2.71. The zero-order chi connectivity index (χ0) is 14.7. The Morgan fingerprint density at radius 2 is 2.16 bits per heavy atom. The Kier molecular flexibility index (Phi) is 4.85. The van der Waals surface area contributed by atoms with E-state index in [1.807, 2.05) is 20.8 Å². The fraction of sp³-hybridized carbons (Fsp3) is 0.706. The van der Waals surface area contributed by atoms with Gasteiger partial charge in [0.15, 0.2) is 6.10 Å². The van der Waals surface area contributed by atoms with Crippen LogP contribution in [0.25, 0.3) is 0 Å². The van der Waals surface area contributed by atoms with Crippen molar-refractivity contribution >= 4 is 5.97 Å². The van der Waals surface area contributed by atoms with E-state index in [2.05, 4.69) is 25.8 Å². The summed E-state index contributed by atoms with van der Waals surface area (Å²) in [5, 5.41) is 0. The molecule has 0 radical (unpaired) electrons. The zero-order valence-electron chi connectivity index (χ0n) is 12.9. The monoisotopic (exact) mass is 262 g/mol. The first-order chi connectivity index (χ1) is 8.66. The van der Waals surface area contributed by atoms with Crippen LogP contribution in [0.1, 0.15) is 60.3 Å². The summed E-state index contributed by atoms with van der Waals surface area (Å²) < 4.78 is 5.44. The van der Waals surface area contributed by atoms with Crippen LogP contribution in [0.15, 0.2) is 11.6 Å². The lowest BCUT2D eigenvalue weighted by Gasteiger charge is -2.33. The quantitative estimate of drug-likeness (QED) is 0.435. The van der Waals surface area contributed by atoms with Crippen LogP contribution in [0, 0.1) is 23.2 Å². The second kappa shape index (κ2) is 5.82. The zero-order valence-corrected chi connectivity index (χ0v) is 12.9. The normalized spacial score (nSPS) is 20.1. The molecule has 0 aromatic carbocycles. The van der Waals surface area contributed by atoms with Crippen molar-refractivity contribution in [3.05, 3.63) is 11.6 Å². The molecule has 0 fully saturated rings. The van der Waals surface area contributed by atoms with Crippen LogP contribution < -0.4 is 0 Å². The predicted molar refractivity (Wildman–Crippen MR) is 78.5 cm³/mol. The van der Waals surface area contributed by atoms with Crippen molar-refractivity contribution in [2.24, 2.45) is 10.8 Å². The fourth-order valence-electron chi connectivity index (χ4n) is 2.26. The Hall–Kier alpha value is -1.23. The number of carbonyl (C=O) groups excluding carboxylic acids is 1. The van der Waals surface area contributed by atoms with E-state index < -0.39 is 11.5 Å². The van der Waals surface area contributed by atoms with Gasteiger partial charge in [-0.05, 0) is 45.4 Å². The van der Waals surface area contributed by atoms with E-state index in [4.69, 9.17) is 11.2 Å². The molecule has 2 nitrogen and oxygen atoms in total. The van der Waals surface area contributed by atoms with Crippen molar-refractivity contribution in [3.8, 4) is 12.3 Å². The summed E-state index contributed by atoms with van der Waals surface area (Å²) in [6, 6.07) is 0. The van der Waals surface area contributed by atoms with E-state index in [1.165, 1.54) is 18.4 Å². The van der Waals surface area contributed by atoms with Crippen LogP contribution in [0.2, 0.25) is 0 Å². The maximum absolute atomic E-state index is 11.9. The molecule has 0 aliphatic heterocycles. The molecule has 0 spiro atoms. The highest BCUT2D eigenvalue weighted by atomic mass is 16.5. The summed E-state index contributed by atoms with van der Waals surface area (Å²) in [4.78, 5) is 11.9. The van der Waals surface area contributed by atoms with Crippen LogP contribution >= 0.6 is 0 Å². The SMILES string of the molecule is C#C[C@H](CC1=CCCCC1(C)C)OC(=O)C(C)(C)C. The maximum atomic E-state index is 11.9. The first-order valence-electron chi connectivity index (χ1n) is 7.03. The third-order valence-corrected chi connectivity index (χ3v) is 3.72. The summed E-state index contributed by atoms with van der Waals surface area (Å²) in [7, 11) is 0. The summed E-state index contributed by atoms with van der Waals surface area (Å²) in [6.45, 7) is 9.99. The van der Waals surface area contributed by atoms with Crippen molar-refractivity contribution in [1.82, 2.24) is 0 Å². The van der Waals surface area contributed by atoms with E-state index in [0.717, 1.165) is 6.42 Å². The van der Waals surface area contributed by atoms with E-state index in [0.29, 0.717) is 6.42 Å². The van der Waals surface area contributed by atoms with Crippen LogP contribution in [0.4, 0.5) is 0 Å². The average molecular weight is 262 g/mol. The molecule has 1 rings (SSSR count). The molecule has 0 amide bonds. The number of ether oxygens (including phenoxy) is 1. The maximum Gasteiger partial charge on any atom is 0.312 e. The molecule has 0 saturated heterocycles. The lowest BCUT2D eigenvalue weighted by molar-refractivity contribution is -0.155. The lowest BCUT2D eigenvalue weighted by atomic mass is 9.74. The predicted octanol–water partition coefficient (Wildman–Crippen LogP) is 4.10. The van der Waals surface area contributed by atoms with E-state index >= 15 is 0 Å². The molecule has 0 N–H and O–H groups in total. The molecule has 1 atom stereocenters. The summed E-state index contributed by atoms with van der Waals surface area (Å²) >= 11 is 0. The molecule has 19 heavy (non-hydrogen) atoms. The van der Waals surface area contributed by atoms with Gasteiger partial charge in [-0.15, -0.1) is 6.42 Å². The Labute approximate surface area is 117 Å². The van der Waals surface area contributed by atoms with Gasteiger partial charge in [0.25, 0.3) is 0 Å². The van der Waals surface area contributed by atoms with Gasteiger partial charge in [0.2, 0.25) is 0 Å². The molecule has 0 aromatic heterocycles. The number of hydrogen-bond acceptors (Lipinski definition) is 2. The van der Waals surface area contributed by atoms with Gasteiger partial charge < -0.3 is 4.74 Å². The molecule has 0 aromatic rings. The smallest absolute Gasteiger partial charge is 0.312 e. The van der Waals surface area contributed by atoms with Crippen LogP contribution in [0.3, 0.4) is 0 Å². The minimum atomic E-state index is -0.508. The van der Waals surface area contributed by atoms with Crippen LogP contribution in [-0.4, -0.2) is 12.1 Å². The summed E-state index contributed by atoms with van der Waals surface area (Å²) in [5.41, 5.74) is 0.982. The molecule has 0 saturated carbocycles. The van der Waals surface area contributed by atoms with Crippen molar-refractivity contribution < 1.29 is 9.53 Å². The van der Waals surface area contributed by atoms with Gasteiger partial charge >= 0.3 is 5.97 Å². The molecular formula is C17H26O2. The number of allylic oxidation sites excluding steroid dienone is 1. The standard InChI is InChI=1S/C17H26O2/c1-7-14(19-15(18)16(2,3)4)12-13-10-8-9-11-17(13,5)6/h1,10,14H,8-9,11-12H2,2-6H3/t14-/m1/s1. The lowest BCUT2D eigenvalue weighted by Crippen LogP contribution is -2.29. The Bertz CT molecular complexity index is 402. The number of carbonyl (C=O) groups is 1. The van der Waals surface area contributed by atoms with Crippen molar-refractivity contribution in [3.63, 3.8) is 0 Å². The summed E-state index contributed by atoms with van der Waals surface area (Å²) in [6.07, 6.45) is 11.5. The highest BCUT2D eigenvalue weighted by molar-refractivity contribution is 5.75. The first kappa shape index (κ1) is 15.8. The highest BCUT2D eigenvalue weighted by Gasteiger charge is 2.30. The molecule has 2 heteroatoms. The molecule has 1 aliphatic carbocycles. The largest absolute Gasteiger partial charge is 0.448 e. The fourth-order valence-corrected chi connectivity index (χ4v) is 2.26. The van der Waals surface area contributed by atoms with Gasteiger partial charge in [0.1, 0.15) is 0 Å². The summed E-state index contributed by atoms with van der Waals surface area (Å²) in [5.74, 6) is 2.37. The van der Waals surface area contributed by atoms with Gasteiger partial charge in [-0.25, -0.2) is 0 Å². The first-order valence-corrected chi connectivity index (χ1v) is 7.03. The van der Waals surface area contributed by atoms with Crippen LogP contribution in [0.5, 0.6) is 0 Å². The number of hydrogen-bond donors (Lipinski definition) is 0. The molecule has 0 bridgehead atoms. The number of terminal acetylenes is 1. The van der Waals surface area contributed by atoms with Gasteiger partial charge in [-0.3, -0.25) is 4.79 Å². The second-order valence-corrected chi connectivity index (χ2v) is 7.02. The third-order valence-electron chi connectivity index (χ3n) is 3.72. The van der Waals surface area contributed by atoms with Gasteiger partial charge in [-0.1, -0.05) is 31.4 Å². The molecule has 0 heterocycles. The molecule has 0 unspecified atom stereocenters. The Morgan fingerprint density at radius 1 is 1.53 bits per heavy atom. The number of rotatable bonds is 3. The van der Waals surface area contributed by atoms with E-state index in [1.54, 1.807) is 0 Å².